The molecule has 10 nitrogen and oxygen atoms in total. The first-order valence-electron chi connectivity index (χ1n) is 9.02. The van der Waals surface area contributed by atoms with E-state index in [1.54, 1.807) is 16.3 Å². The Morgan fingerprint density at radius 3 is 2.80 bits per heavy atom. The predicted molar refractivity (Wildman–Crippen MR) is 113 cm³/mol. The summed E-state index contributed by atoms with van der Waals surface area (Å²) in [5.41, 5.74) is 1.40. The first-order chi connectivity index (χ1) is 14.5. The zero-order valence-corrected chi connectivity index (χ0v) is 17.5. The van der Waals surface area contributed by atoms with Gasteiger partial charge in [0.2, 0.25) is 5.13 Å². The lowest BCUT2D eigenvalue weighted by atomic mass is 10.2. The molecular formula is C18H17ClN8O2S. The molecule has 30 heavy (non-hydrogen) atoms. The topological polar surface area (TPSA) is 117 Å². The Labute approximate surface area is 180 Å². The van der Waals surface area contributed by atoms with Crippen molar-refractivity contribution in [3.63, 3.8) is 0 Å². The van der Waals surface area contributed by atoms with Gasteiger partial charge < -0.3 is 5.32 Å². The minimum absolute atomic E-state index is 0.0157. The molecule has 0 bridgehead atoms. The number of nitrogens with zero attached hydrogens (tertiary/aromatic N) is 7. The first-order valence-corrected chi connectivity index (χ1v) is 10.2. The lowest BCUT2D eigenvalue weighted by molar-refractivity contribution is -0.385. The number of hydrogen-bond donors (Lipinski definition) is 1. The van der Waals surface area contributed by atoms with E-state index in [2.05, 4.69) is 25.7 Å². The van der Waals surface area contributed by atoms with Crippen LogP contribution in [0.4, 0.5) is 16.6 Å². The molecule has 12 heteroatoms. The Morgan fingerprint density at radius 1 is 1.20 bits per heavy atom. The van der Waals surface area contributed by atoms with Crippen molar-refractivity contribution in [3.05, 3.63) is 74.1 Å². The quantitative estimate of drug-likeness (QED) is 0.324. The van der Waals surface area contributed by atoms with E-state index in [0.29, 0.717) is 41.2 Å². The summed E-state index contributed by atoms with van der Waals surface area (Å²) in [4.78, 5) is 10.5. The molecule has 0 aliphatic carbocycles. The highest BCUT2D eigenvalue weighted by Gasteiger charge is 2.15. The Balaban J connectivity index is 1.35. The average molecular weight is 445 g/mol. The van der Waals surface area contributed by atoms with E-state index in [0.717, 1.165) is 10.6 Å². The maximum Gasteiger partial charge on any atom is 0.309 e. The van der Waals surface area contributed by atoms with Crippen molar-refractivity contribution in [2.75, 3.05) is 5.32 Å². The van der Waals surface area contributed by atoms with Crippen LogP contribution in [0.5, 0.6) is 0 Å². The zero-order valence-electron chi connectivity index (χ0n) is 15.9. The third-order valence-electron chi connectivity index (χ3n) is 4.30. The Bertz CT molecular complexity index is 1180. The smallest absolute Gasteiger partial charge is 0.309 e. The van der Waals surface area contributed by atoms with Crippen LogP contribution in [0, 0.1) is 17.0 Å². The number of halogens is 1. The van der Waals surface area contributed by atoms with Gasteiger partial charge in [0, 0.05) is 30.3 Å². The molecule has 0 fully saturated rings. The van der Waals surface area contributed by atoms with Gasteiger partial charge in [-0.25, -0.2) is 0 Å². The van der Waals surface area contributed by atoms with E-state index in [4.69, 9.17) is 11.6 Å². The molecule has 4 rings (SSSR count). The highest BCUT2D eigenvalue weighted by molar-refractivity contribution is 7.15. The zero-order chi connectivity index (χ0) is 21.1. The molecule has 1 N–H and O–H groups in total. The summed E-state index contributed by atoms with van der Waals surface area (Å²) in [6, 6.07) is 9.50. The van der Waals surface area contributed by atoms with E-state index < -0.39 is 4.92 Å². The van der Waals surface area contributed by atoms with Crippen LogP contribution in [0.15, 0.2) is 42.7 Å². The predicted octanol–water partition coefficient (Wildman–Crippen LogP) is 3.84. The molecular weight excluding hydrogens is 428 g/mol. The Hall–Kier alpha value is -3.31. The van der Waals surface area contributed by atoms with Crippen molar-refractivity contribution in [1.82, 2.24) is 29.8 Å². The number of hydrogen-bond acceptors (Lipinski definition) is 8. The second-order valence-electron chi connectivity index (χ2n) is 6.49. The number of benzene rings is 1. The second-order valence-corrected chi connectivity index (χ2v) is 7.96. The molecule has 4 aromatic rings. The molecule has 3 aromatic heterocycles. The molecule has 0 unspecified atom stereocenters. The fourth-order valence-corrected chi connectivity index (χ4v) is 3.77. The van der Waals surface area contributed by atoms with E-state index in [1.165, 1.54) is 17.5 Å². The van der Waals surface area contributed by atoms with Crippen molar-refractivity contribution in [1.29, 1.82) is 0 Å². The average Bonchev–Trinajstić information content (AvgIpc) is 3.43. The molecule has 0 amide bonds. The minimum atomic E-state index is -0.434. The normalized spacial score (nSPS) is 11.0. The van der Waals surface area contributed by atoms with E-state index in [-0.39, 0.29) is 5.69 Å². The fourth-order valence-electron chi connectivity index (χ4n) is 2.84. The SMILES string of the molecule is Cc1nn(CCc2nnc(Nc3ccn(Cc4ccccc4Cl)n3)s2)cc1[N+](=O)[O-]. The van der Waals surface area contributed by atoms with Gasteiger partial charge in [0.15, 0.2) is 5.82 Å². The van der Waals surface area contributed by atoms with Gasteiger partial charge in [0.05, 0.1) is 11.5 Å². The highest BCUT2D eigenvalue weighted by Crippen LogP contribution is 2.22. The standard InChI is InChI=1S/C18H17ClN8O2S/c1-12-15(27(28)29)11-26(23-12)9-7-17-21-22-18(30-17)20-16-6-8-25(24-16)10-13-4-2-3-5-14(13)19/h2-6,8,11H,7,9-10H2,1H3,(H,20,22,24). The number of rotatable bonds is 8. The highest BCUT2D eigenvalue weighted by atomic mass is 35.5. The Morgan fingerprint density at radius 2 is 2.03 bits per heavy atom. The molecule has 0 aliphatic rings. The van der Waals surface area contributed by atoms with Gasteiger partial charge in [-0.2, -0.15) is 10.2 Å². The summed E-state index contributed by atoms with van der Waals surface area (Å²) in [6.07, 6.45) is 3.86. The fraction of sp³-hybridized carbons (Fsp3) is 0.222. The molecule has 0 saturated carbocycles. The summed E-state index contributed by atoms with van der Waals surface area (Å²) >= 11 is 7.60. The Kier molecular flexibility index (Phi) is 5.72. The summed E-state index contributed by atoms with van der Waals surface area (Å²) in [6.45, 7) is 2.67. The van der Waals surface area contributed by atoms with Gasteiger partial charge in [-0.15, -0.1) is 10.2 Å². The van der Waals surface area contributed by atoms with Crippen LogP contribution in [0.25, 0.3) is 0 Å². The summed E-state index contributed by atoms with van der Waals surface area (Å²) in [7, 11) is 0. The molecule has 0 radical (unpaired) electrons. The van der Waals surface area contributed by atoms with Crippen molar-refractivity contribution < 1.29 is 4.92 Å². The molecule has 154 valence electrons. The van der Waals surface area contributed by atoms with Crippen LogP contribution in [-0.2, 0) is 19.5 Å². The van der Waals surface area contributed by atoms with Crippen molar-refractivity contribution in [3.8, 4) is 0 Å². The summed E-state index contributed by atoms with van der Waals surface area (Å²) < 4.78 is 3.34. The van der Waals surface area contributed by atoms with E-state index >= 15 is 0 Å². The van der Waals surface area contributed by atoms with Gasteiger partial charge in [-0.05, 0) is 18.6 Å². The monoisotopic (exact) mass is 444 g/mol. The molecule has 3 heterocycles. The lowest BCUT2D eigenvalue weighted by Gasteiger charge is -2.04. The van der Waals surface area contributed by atoms with Crippen molar-refractivity contribution >= 4 is 39.6 Å². The third-order valence-corrected chi connectivity index (χ3v) is 5.57. The van der Waals surface area contributed by atoms with Gasteiger partial charge in [-0.1, -0.05) is 41.1 Å². The first kappa shape index (κ1) is 20.0. The number of nitrogens with one attached hydrogen (secondary N) is 1. The van der Waals surface area contributed by atoms with Gasteiger partial charge >= 0.3 is 5.69 Å². The maximum absolute atomic E-state index is 10.9. The maximum atomic E-state index is 10.9. The number of nitro groups is 1. The number of aromatic nitrogens is 6. The lowest BCUT2D eigenvalue weighted by Crippen LogP contribution is -2.01. The summed E-state index contributed by atoms with van der Waals surface area (Å²) in [5, 5.41) is 33.1. The third kappa shape index (κ3) is 4.63. The largest absolute Gasteiger partial charge is 0.313 e. The molecule has 0 aliphatic heterocycles. The summed E-state index contributed by atoms with van der Waals surface area (Å²) in [5.74, 6) is 0.656. The van der Waals surface area contributed by atoms with Crippen molar-refractivity contribution in [2.45, 2.75) is 26.4 Å². The number of anilines is 2. The molecule has 1 aromatic carbocycles. The molecule has 0 atom stereocenters. The van der Waals surface area contributed by atoms with E-state index in [1.807, 2.05) is 36.5 Å². The van der Waals surface area contributed by atoms with Gasteiger partial charge in [0.25, 0.3) is 0 Å². The van der Waals surface area contributed by atoms with Crippen molar-refractivity contribution in [2.24, 2.45) is 0 Å². The van der Waals surface area contributed by atoms with Gasteiger partial charge in [-0.3, -0.25) is 19.5 Å². The van der Waals surface area contributed by atoms with Gasteiger partial charge in [0.1, 0.15) is 16.9 Å². The second kappa shape index (κ2) is 8.59. The van der Waals surface area contributed by atoms with Crippen LogP contribution < -0.4 is 5.32 Å². The molecule has 0 saturated heterocycles. The minimum Gasteiger partial charge on any atom is -0.313 e. The van der Waals surface area contributed by atoms with Crippen LogP contribution in [0.3, 0.4) is 0 Å². The molecule has 0 spiro atoms. The van der Waals surface area contributed by atoms with Crippen LogP contribution in [-0.4, -0.2) is 34.7 Å². The van der Waals surface area contributed by atoms with Crippen LogP contribution >= 0.6 is 22.9 Å². The number of aryl methyl sites for hydroxylation is 3. The van der Waals surface area contributed by atoms with E-state index in [9.17, 15) is 10.1 Å². The van der Waals surface area contributed by atoms with Crippen LogP contribution in [0.2, 0.25) is 5.02 Å². The van der Waals surface area contributed by atoms with Crippen LogP contribution in [0.1, 0.15) is 16.3 Å².